The van der Waals surface area contributed by atoms with E-state index < -0.39 is 0 Å². The molecule has 0 unspecified atom stereocenters. The molecule has 0 saturated carbocycles. The third-order valence-corrected chi connectivity index (χ3v) is 6.28. The van der Waals surface area contributed by atoms with Gasteiger partial charge < -0.3 is 19.1 Å². The first-order valence-corrected chi connectivity index (χ1v) is 12.1. The largest absolute Gasteiger partial charge is 0.485 e. The molecule has 4 aromatic rings. The minimum Gasteiger partial charge on any atom is -0.485 e. The topological polar surface area (TPSA) is 30.9 Å². The van der Waals surface area contributed by atoms with Crippen molar-refractivity contribution in [2.75, 3.05) is 13.6 Å². The average molecular weight is 466 g/mol. The zero-order valence-electron chi connectivity index (χ0n) is 20.2. The lowest BCUT2D eigenvalue weighted by Gasteiger charge is -2.29. The third kappa shape index (κ3) is 5.84. The van der Waals surface area contributed by atoms with Gasteiger partial charge in [-0.25, -0.2) is 0 Å². The van der Waals surface area contributed by atoms with Crippen molar-refractivity contribution in [1.29, 1.82) is 0 Å². The molecule has 0 radical (unpaired) electrons. The van der Waals surface area contributed by atoms with Gasteiger partial charge in [0.15, 0.2) is 11.5 Å². The number of likely N-dealkylation sites (N-methyl/N-ethyl adjacent to an activating group) is 1. The van der Waals surface area contributed by atoms with E-state index in [1.165, 1.54) is 11.1 Å². The van der Waals surface area contributed by atoms with E-state index in [2.05, 4.69) is 54.4 Å². The SMILES string of the molecule is CN1CCc2cc(OCc3ccccc3)c(OCc3ccccc3)c(OCc3ccccc3)c2C1. The van der Waals surface area contributed by atoms with E-state index in [1.807, 2.05) is 54.6 Å². The molecular weight excluding hydrogens is 434 g/mol. The quantitative estimate of drug-likeness (QED) is 0.286. The van der Waals surface area contributed by atoms with Crippen molar-refractivity contribution in [3.63, 3.8) is 0 Å². The first-order valence-electron chi connectivity index (χ1n) is 12.1. The van der Waals surface area contributed by atoms with Crippen molar-refractivity contribution in [2.45, 2.75) is 32.8 Å². The highest BCUT2D eigenvalue weighted by Gasteiger charge is 2.26. The maximum atomic E-state index is 6.52. The first-order chi connectivity index (χ1) is 17.3. The number of rotatable bonds is 9. The first kappa shape index (κ1) is 23.0. The minimum atomic E-state index is 0.443. The number of ether oxygens (including phenoxy) is 3. The lowest BCUT2D eigenvalue weighted by molar-refractivity contribution is 0.221. The highest BCUT2D eigenvalue weighted by molar-refractivity contribution is 5.60. The van der Waals surface area contributed by atoms with Crippen LogP contribution in [0.15, 0.2) is 97.1 Å². The molecule has 0 spiro atoms. The summed E-state index contributed by atoms with van der Waals surface area (Å²) in [5, 5.41) is 0. The van der Waals surface area contributed by atoms with Crippen molar-refractivity contribution < 1.29 is 14.2 Å². The minimum absolute atomic E-state index is 0.443. The number of hydrogen-bond donors (Lipinski definition) is 0. The van der Waals surface area contributed by atoms with E-state index in [9.17, 15) is 0 Å². The Balaban J connectivity index is 1.51. The summed E-state index contributed by atoms with van der Waals surface area (Å²) in [6.07, 6.45) is 0.953. The predicted molar refractivity (Wildman–Crippen MR) is 139 cm³/mol. The predicted octanol–water partition coefficient (Wildman–Crippen LogP) is 6.41. The fourth-order valence-corrected chi connectivity index (χ4v) is 4.35. The number of nitrogens with zero attached hydrogens (tertiary/aromatic N) is 1. The van der Waals surface area contributed by atoms with Crippen LogP contribution in [0.2, 0.25) is 0 Å². The summed E-state index contributed by atoms with van der Waals surface area (Å²) in [7, 11) is 2.15. The van der Waals surface area contributed by atoms with Crippen molar-refractivity contribution in [2.24, 2.45) is 0 Å². The van der Waals surface area contributed by atoms with Crippen molar-refractivity contribution in [1.82, 2.24) is 4.90 Å². The summed E-state index contributed by atoms with van der Waals surface area (Å²) in [5.41, 5.74) is 5.79. The smallest absolute Gasteiger partial charge is 0.204 e. The molecule has 0 saturated heterocycles. The van der Waals surface area contributed by atoms with Gasteiger partial charge >= 0.3 is 0 Å². The Morgan fingerprint density at radius 3 is 1.66 bits per heavy atom. The van der Waals surface area contributed by atoms with Crippen LogP contribution < -0.4 is 14.2 Å². The van der Waals surface area contributed by atoms with Gasteiger partial charge in [-0.15, -0.1) is 0 Å². The molecule has 4 heteroatoms. The Labute approximate surface area is 207 Å². The Morgan fingerprint density at radius 2 is 1.11 bits per heavy atom. The number of benzene rings is 4. The summed E-state index contributed by atoms with van der Waals surface area (Å²) in [6, 6.07) is 32.8. The maximum absolute atomic E-state index is 6.52. The average Bonchev–Trinajstić information content (AvgIpc) is 2.91. The monoisotopic (exact) mass is 465 g/mol. The highest BCUT2D eigenvalue weighted by atomic mass is 16.5. The van der Waals surface area contributed by atoms with Gasteiger partial charge in [-0.05, 0) is 41.8 Å². The van der Waals surface area contributed by atoms with E-state index in [4.69, 9.17) is 14.2 Å². The van der Waals surface area contributed by atoms with Crippen LogP contribution >= 0.6 is 0 Å². The van der Waals surface area contributed by atoms with Crippen LogP contribution in [-0.4, -0.2) is 18.5 Å². The van der Waals surface area contributed by atoms with Crippen LogP contribution in [-0.2, 0) is 32.8 Å². The van der Waals surface area contributed by atoms with Crippen LogP contribution in [0, 0.1) is 0 Å². The molecule has 0 amide bonds. The van der Waals surface area contributed by atoms with Crippen molar-refractivity contribution >= 4 is 0 Å². The van der Waals surface area contributed by atoms with Crippen LogP contribution in [0.1, 0.15) is 27.8 Å². The van der Waals surface area contributed by atoms with Gasteiger partial charge in [0, 0.05) is 18.7 Å². The van der Waals surface area contributed by atoms with E-state index >= 15 is 0 Å². The Morgan fingerprint density at radius 1 is 0.629 bits per heavy atom. The molecule has 4 nitrogen and oxygen atoms in total. The normalized spacial score (nSPS) is 13.2. The second-order valence-electron chi connectivity index (χ2n) is 8.98. The Bertz CT molecular complexity index is 1230. The molecular formula is C31H31NO3. The van der Waals surface area contributed by atoms with Crippen LogP contribution in [0.4, 0.5) is 0 Å². The van der Waals surface area contributed by atoms with E-state index in [0.717, 1.165) is 47.7 Å². The van der Waals surface area contributed by atoms with Gasteiger partial charge in [-0.1, -0.05) is 91.0 Å². The molecule has 1 aliphatic heterocycles. The van der Waals surface area contributed by atoms with Gasteiger partial charge in [0.2, 0.25) is 5.75 Å². The van der Waals surface area contributed by atoms with Crippen molar-refractivity contribution in [3.8, 4) is 17.2 Å². The second kappa shape index (κ2) is 11.1. The molecule has 0 N–H and O–H groups in total. The summed E-state index contributed by atoms with van der Waals surface area (Å²) < 4.78 is 19.4. The molecule has 0 bridgehead atoms. The molecule has 0 aliphatic carbocycles. The molecule has 5 rings (SSSR count). The van der Waals surface area contributed by atoms with E-state index in [0.29, 0.717) is 25.6 Å². The summed E-state index contributed by atoms with van der Waals surface area (Å²) in [5.74, 6) is 2.20. The fourth-order valence-electron chi connectivity index (χ4n) is 4.35. The lowest BCUT2D eigenvalue weighted by atomic mass is 9.97. The van der Waals surface area contributed by atoms with E-state index in [1.54, 1.807) is 0 Å². The number of hydrogen-bond acceptors (Lipinski definition) is 4. The molecule has 0 aromatic heterocycles. The molecule has 35 heavy (non-hydrogen) atoms. The van der Waals surface area contributed by atoms with E-state index in [-0.39, 0.29) is 0 Å². The van der Waals surface area contributed by atoms with Gasteiger partial charge in [0.25, 0.3) is 0 Å². The van der Waals surface area contributed by atoms with Crippen LogP contribution in [0.25, 0.3) is 0 Å². The highest BCUT2D eigenvalue weighted by Crippen LogP contribution is 2.45. The summed E-state index contributed by atoms with van der Waals surface area (Å²) in [6.45, 7) is 3.21. The Kier molecular flexibility index (Phi) is 7.30. The molecule has 1 heterocycles. The molecule has 1 aliphatic rings. The molecule has 0 fully saturated rings. The standard InChI is InChI=1S/C31H31NO3/c1-32-18-17-27-19-29(33-21-24-11-5-2-6-12-24)31(35-23-26-15-9-4-10-16-26)30(28(27)20-32)34-22-25-13-7-3-8-14-25/h2-16,19H,17-18,20-23H2,1H3. The zero-order valence-corrected chi connectivity index (χ0v) is 20.2. The summed E-state index contributed by atoms with van der Waals surface area (Å²) in [4.78, 5) is 2.32. The van der Waals surface area contributed by atoms with Gasteiger partial charge in [0.05, 0.1) is 0 Å². The summed E-state index contributed by atoms with van der Waals surface area (Å²) >= 11 is 0. The molecule has 178 valence electrons. The van der Waals surface area contributed by atoms with Crippen LogP contribution in [0.5, 0.6) is 17.2 Å². The lowest BCUT2D eigenvalue weighted by Crippen LogP contribution is -2.27. The Hall–Kier alpha value is -3.76. The molecule has 0 atom stereocenters. The zero-order chi connectivity index (χ0) is 23.9. The second-order valence-corrected chi connectivity index (χ2v) is 8.98. The van der Waals surface area contributed by atoms with Crippen molar-refractivity contribution in [3.05, 3.63) is 125 Å². The third-order valence-electron chi connectivity index (χ3n) is 6.28. The fraction of sp³-hybridized carbons (Fsp3) is 0.226. The maximum Gasteiger partial charge on any atom is 0.204 e. The van der Waals surface area contributed by atoms with Gasteiger partial charge in [-0.3, -0.25) is 0 Å². The molecule has 4 aromatic carbocycles. The van der Waals surface area contributed by atoms with Crippen LogP contribution in [0.3, 0.4) is 0 Å². The van der Waals surface area contributed by atoms with Gasteiger partial charge in [0.1, 0.15) is 19.8 Å². The van der Waals surface area contributed by atoms with Gasteiger partial charge in [-0.2, -0.15) is 0 Å². The number of fused-ring (bicyclic) bond motifs is 1.